The van der Waals surface area contributed by atoms with Crippen molar-refractivity contribution >= 4 is 5.97 Å². The molecule has 2 heteroatoms. The van der Waals surface area contributed by atoms with Crippen LogP contribution in [0.25, 0.3) is 0 Å². The monoisotopic (exact) mass is 219 g/mol. The van der Waals surface area contributed by atoms with Gasteiger partial charge in [-0.15, -0.1) is 0 Å². The smallest absolute Gasteiger partial charge is 0.338 e. The van der Waals surface area contributed by atoms with Gasteiger partial charge in [0.2, 0.25) is 0 Å². The Kier molecular flexibility index (Phi) is 5.62. The van der Waals surface area contributed by atoms with Crippen molar-refractivity contribution in [2.75, 3.05) is 6.61 Å². The summed E-state index contributed by atoms with van der Waals surface area (Å²) in [4.78, 5) is 11.7. The van der Waals surface area contributed by atoms with Gasteiger partial charge in [-0.2, -0.15) is 0 Å². The molecule has 1 rings (SSSR count). The minimum Gasteiger partial charge on any atom is -0.462 e. The fourth-order valence-electron chi connectivity index (χ4n) is 1.57. The van der Waals surface area contributed by atoms with Crippen molar-refractivity contribution in [3.8, 4) is 0 Å². The average Bonchev–Trinajstić information content (AvgIpc) is 2.30. The maximum Gasteiger partial charge on any atom is 0.338 e. The molecule has 0 saturated heterocycles. The highest BCUT2D eigenvalue weighted by molar-refractivity contribution is 5.91. The predicted octanol–water partition coefficient (Wildman–Crippen LogP) is 3.41. The van der Waals surface area contributed by atoms with E-state index in [4.69, 9.17) is 4.74 Å². The molecule has 0 aliphatic heterocycles. The zero-order valence-corrected chi connectivity index (χ0v) is 10.0. The van der Waals surface area contributed by atoms with Gasteiger partial charge in [0.25, 0.3) is 0 Å². The normalized spacial score (nSPS) is 10.1. The van der Waals surface area contributed by atoms with Gasteiger partial charge in [0.15, 0.2) is 0 Å². The number of rotatable bonds is 6. The van der Waals surface area contributed by atoms with Crippen LogP contribution >= 0.6 is 0 Å². The van der Waals surface area contributed by atoms with Crippen molar-refractivity contribution in [3.05, 3.63) is 41.8 Å². The number of ether oxygens (including phenoxy) is 1. The topological polar surface area (TPSA) is 26.3 Å². The molecule has 1 aromatic rings. The molecule has 2 nitrogen and oxygen atoms in total. The lowest BCUT2D eigenvalue weighted by molar-refractivity contribution is 0.0525. The molecule has 0 heterocycles. The van der Waals surface area contributed by atoms with Gasteiger partial charge in [-0.25, -0.2) is 4.79 Å². The molecule has 0 saturated carbocycles. The van der Waals surface area contributed by atoms with E-state index in [9.17, 15) is 4.79 Å². The zero-order valence-electron chi connectivity index (χ0n) is 10.0. The van der Waals surface area contributed by atoms with Crippen LogP contribution in [0.4, 0.5) is 0 Å². The number of hydrogen-bond donors (Lipinski definition) is 0. The first kappa shape index (κ1) is 12.8. The third-order valence-corrected chi connectivity index (χ3v) is 2.37. The Labute approximate surface area is 97.6 Å². The minimum absolute atomic E-state index is 0.219. The summed E-state index contributed by atoms with van der Waals surface area (Å²) in [5.41, 5.74) is 1.74. The van der Waals surface area contributed by atoms with Crippen LogP contribution in [-0.2, 0) is 11.2 Å². The molecular weight excluding hydrogens is 200 g/mol. The fraction of sp³-hybridized carbons (Fsp3) is 0.429. The Hall–Kier alpha value is -1.31. The molecule has 0 aromatic heterocycles. The summed E-state index contributed by atoms with van der Waals surface area (Å²) in [5.74, 6) is -0.219. The molecule has 0 bridgehead atoms. The highest BCUT2D eigenvalue weighted by Gasteiger charge is 2.10. The third-order valence-electron chi connectivity index (χ3n) is 2.37. The molecule has 16 heavy (non-hydrogen) atoms. The number of unbranched alkanes of at least 4 members (excludes halogenated alkanes) is 2. The van der Waals surface area contributed by atoms with Gasteiger partial charge in [0.05, 0.1) is 12.2 Å². The minimum atomic E-state index is -0.219. The highest BCUT2D eigenvalue weighted by atomic mass is 16.5. The second-order valence-electron chi connectivity index (χ2n) is 3.66. The average molecular weight is 219 g/mol. The Morgan fingerprint density at radius 2 is 2.06 bits per heavy atom. The van der Waals surface area contributed by atoms with Crippen LogP contribution in [0.1, 0.15) is 42.6 Å². The first-order valence-corrected chi connectivity index (χ1v) is 5.86. The predicted molar refractivity (Wildman–Crippen MR) is 65.3 cm³/mol. The molecule has 0 atom stereocenters. The maximum atomic E-state index is 11.7. The second-order valence-corrected chi connectivity index (χ2v) is 3.66. The van der Waals surface area contributed by atoms with Gasteiger partial charge < -0.3 is 4.74 Å². The molecule has 0 aliphatic carbocycles. The van der Waals surface area contributed by atoms with Crippen molar-refractivity contribution in [1.29, 1.82) is 0 Å². The summed E-state index contributed by atoms with van der Waals surface area (Å²) in [7, 11) is 0. The quantitative estimate of drug-likeness (QED) is 0.541. The SMILES string of the molecule is CCC[CH]Cc1ccccc1C(=O)OCC. The lowest BCUT2D eigenvalue weighted by Gasteiger charge is -2.07. The van der Waals surface area contributed by atoms with E-state index in [1.165, 1.54) is 0 Å². The van der Waals surface area contributed by atoms with E-state index in [0.717, 1.165) is 24.8 Å². The van der Waals surface area contributed by atoms with Gasteiger partial charge in [-0.3, -0.25) is 0 Å². The lowest BCUT2D eigenvalue weighted by Crippen LogP contribution is -2.08. The van der Waals surface area contributed by atoms with Crippen LogP contribution < -0.4 is 0 Å². The first-order valence-electron chi connectivity index (χ1n) is 5.86. The molecule has 1 aromatic carbocycles. The van der Waals surface area contributed by atoms with Crippen molar-refractivity contribution < 1.29 is 9.53 Å². The molecule has 0 N–H and O–H groups in total. The van der Waals surface area contributed by atoms with Crippen LogP contribution in [0.5, 0.6) is 0 Å². The van der Waals surface area contributed by atoms with Gasteiger partial charge in [0.1, 0.15) is 0 Å². The molecule has 87 valence electrons. The lowest BCUT2D eigenvalue weighted by atomic mass is 10.0. The van der Waals surface area contributed by atoms with E-state index in [1.807, 2.05) is 31.2 Å². The summed E-state index contributed by atoms with van der Waals surface area (Å²) >= 11 is 0. The zero-order chi connectivity index (χ0) is 11.8. The van der Waals surface area contributed by atoms with E-state index in [1.54, 1.807) is 0 Å². The molecule has 0 unspecified atom stereocenters. The molecule has 0 spiro atoms. The fourth-order valence-corrected chi connectivity index (χ4v) is 1.57. The van der Waals surface area contributed by atoms with Crippen molar-refractivity contribution in [2.45, 2.75) is 33.1 Å². The van der Waals surface area contributed by atoms with E-state index in [2.05, 4.69) is 13.3 Å². The Bertz CT molecular complexity index is 331. The van der Waals surface area contributed by atoms with Crippen LogP contribution in [0.15, 0.2) is 24.3 Å². The van der Waals surface area contributed by atoms with E-state index in [-0.39, 0.29) is 5.97 Å². The number of esters is 1. The molecule has 0 amide bonds. The molecule has 1 radical (unpaired) electrons. The van der Waals surface area contributed by atoms with Crippen LogP contribution in [0.3, 0.4) is 0 Å². The van der Waals surface area contributed by atoms with E-state index < -0.39 is 0 Å². The maximum absolute atomic E-state index is 11.7. The number of carbonyl (C=O) groups is 1. The standard InChI is InChI=1S/C14H19O2/c1-3-5-6-9-12-10-7-8-11-13(12)14(15)16-4-2/h6-8,10-11H,3-5,9H2,1-2H3. The number of benzene rings is 1. The Morgan fingerprint density at radius 1 is 1.31 bits per heavy atom. The Morgan fingerprint density at radius 3 is 2.75 bits per heavy atom. The number of carbonyl (C=O) groups excluding carboxylic acids is 1. The number of hydrogen-bond acceptors (Lipinski definition) is 2. The molecule has 0 fully saturated rings. The van der Waals surface area contributed by atoms with E-state index in [0.29, 0.717) is 12.2 Å². The highest BCUT2D eigenvalue weighted by Crippen LogP contribution is 2.13. The van der Waals surface area contributed by atoms with Gasteiger partial charge >= 0.3 is 5.97 Å². The van der Waals surface area contributed by atoms with Crippen molar-refractivity contribution in [2.24, 2.45) is 0 Å². The van der Waals surface area contributed by atoms with Crippen LogP contribution in [0, 0.1) is 6.42 Å². The summed E-state index contributed by atoms with van der Waals surface area (Å²) in [6.45, 7) is 4.39. The summed E-state index contributed by atoms with van der Waals surface area (Å²) in [6, 6.07) is 7.64. The van der Waals surface area contributed by atoms with Crippen LogP contribution in [-0.4, -0.2) is 12.6 Å². The Balaban J connectivity index is 2.71. The van der Waals surface area contributed by atoms with Crippen LogP contribution in [0.2, 0.25) is 0 Å². The first-order chi connectivity index (χ1) is 7.79. The largest absolute Gasteiger partial charge is 0.462 e. The molecule has 0 aliphatic rings. The van der Waals surface area contributed by atoms with Gasteiger partial charge in [-0.1, -0.05) is 38.0 Å². The van der Waals surface area contributed by atoms with Gasteiger partial charge in [0, 0.05) is 0 Å². The third kappa shape index (κ3) is 3.69. The summed E-state index contributed by atoms with van der Waals surface area (Å²) < 4.78 is 5.02. The second kappa shape index (κ2) is 7.04. The summed E-state index contributed by atoms with van der Waals surface area (Å²) in [6.07, 6.45) is 5.26. The summed E-state index contributed by atoms with van der Waals surface area (Å²) in [5, 5.41) is 0. The molecular formula is C14H19O2. The van der Waals surface area contributed by atoms with Crippen molar-refractivity contribution in [3.63, 3.8) is 0 Å². The van der Waals surface area contributed by atoms with Gasteiger partial charge in [-0.05, 0) is 31.4 Å². The van der Waals surface area contributed by atoms with Crippen molar-refractivity contribution in [1.82, 2.24) is 0 Å². The van der Waals surface area contributed by atoms with E-state index >= 15 is 0 Å².